The second-order valence-corrected chi connectivity index (χ2v) is 9.84. The maximum Gasteiger partial charge on any atom is 0.233 e. The monoisotopic (exact) mass is 469 g/mol. The first-order chi connectivity index (χ1) is 16.7. The Bertz CT molecular complexity index is 1260. The molecule has 2 aromatic heterocycles. The fourth-order valence-corrected chi connectivity index (χ4v) is 5.26. The van der Waals surface area contributed by atoms with Crippen molar-refractivity contribution in [1.82, 2.24) is 25.1 Å². The van der Waals surface area contributed by atoms with Crippen LogP contribution in [0.2, 0.25) is 0 Å². The highest BCUT2D eigenvalue weighted by molar-refractivity contribution is 8.00. The molecule has 2 aromatic carbocycles. The Morgan fingerprint density at radius 1 is 1.09 bits per heavy atom. The van der Waals surface area contributed by atoms with Gasteiger partial charge < -0.3 is 5.32 Å². The minimum absolute atomic E-state index is 0.0175. The van der Waals surface area contributed by atoms with Crippen LogP contribution >= 0.6 is 11.8 Å². The number of nitrogens with zero attached hydrogens (tertiary/aromatic N) is 4. The summed E-state index contributed by atoms with van der Waals surface area (Å²) < 4.78 is 2.07. The molecule has 1 amide bonds. The van der Waals surface area contributed by atoms with Crippen molar-refractivity contribution >= 4 is 17.7 Å². The van der Waals surface area contributed by atoms with Gasteiger partial charge in [-0.2, -0.15) is 0 Å². The lowest BCUT2D eigenvalue weighted by atomic mass is 9.88. The third-order valence-corrected chi connectivity index (χ3v) is 7.24. The molecule has 1 N–H and O–H groups in total. The number of hydrogen-bond donors (Lipinski definition) is 1. The van der Waals surface area contributed by atoms with Crippen LogP contribution in [0.5, 0.6) is 0 Å². The summed E-state index contributed by atoms with van der Waals surface area (Å²) in [6, 6.07) is 22.6. The number of benzene rings is 2. The van der Waals surface area contributed by atoms with Crippen LogP contribution in [0.1, 0.15) is 42.5 Å². The zero-order chi connectivity index (χ0) is 23.3. The van der Waals surface area contributed by atoms with Crippen LogP contribution in [0.15, 0.2) is 84.3 Å². The highest BCUT2D eigenvalue weighted by Gasteiger charge is 2.26. The van der Waals surface area contributed by atoms with Gasteiger partial charge >= 0.3 is 0 Å². The largest absolute Gasteiger partial charge is 0.348 e. The van der Waals surface area contributed by atoms with E-state index in [-0.39, 0.29) is 17.2 Å². The number of hydrogen-bond acceptors (Lipinski definition) is 5. The smallest absolute Gasteiger partial charge is 0.233 e. The molecule has 7 heteroatoms. The van der Waals surface area contributed by atoms with Crippen LogP contribution in [0.25, 0.3) is 11.4 Å². The van der Waals surface area contributed by atoms with Crippen LogP contribution in [0.4, 0.5) is 0 Å². The number of thioether (sulfide) groups is 1. The van der Waals surface area contributed by atoms with E-state index >= 15 is 0 Å². The lowest BCUT2D eigenvalue weighted by Gasteiger charge is -2.27. The van der Waals surface area contributed by atoms with Crippen molar-refractivity contribution in [1.29, 1.82) is 0 Å². The number of rotatable bonds is 7. The fourth-order valence-electron chi connectivity index (χ4n) is 4.40. The summed E-state index contributed by atoms with van der Waals surface area (Å²) in [7, 11) is 0. The Kier molecular flexibility index (Phi) is 6.72. The van der Waals surface area contributed by atoms with Crippen LogP contribution in [-0.2, 0) is 17.8 Å². The van der Waals surface area contributed by atoms with Gasteiger partial charge in [-0.1, -0.05) is 66.4 Å². The van der Waals surface area contributed by atoms with Gasteiger partial charge in [-0.15, -0.1) is 10.2 Å². The minimum Gasteiger partial charge on any atom is -0.348 e. The van der Waals surface area contributed by atoms with Crippen molar-refractivity contribution in [2.75, 3.05) is 0 Å². The minimum atomic E-state index is -0.311. The first-order valence-corrected chi connectivity index (χ1v) is 12.5. The molecule has 5 rings (SSSR count). The topological polar surface area (TPSA) is 72.7 Å². The molecule has 34 heavy (non-hydrogen) atoms. The highest BCUT2D eigenvalue weighted by atomic mass is 32.2. The lowest BCUT2D eigenvalue weighted by Crippen LogP contribution is -2.36. The number of aryl methyl sites for hydroxylation is 1. The number of aromatic nitrogens is 4. The lowest BCUT2D eigenvalue weighted by molar-refractivity contribution is -0.121. The van der Waals surface area contributed by atoms with Gasteiger partial charge in [0.05, 0.1) is 17.8 Å². The molecule has 0 aliphatic heterocycles. The molecular formula is C27H27N5OS. The molecule has 2 unspecified atom stereocenters. The third-order valence-electron chi connectivity index (χ3n) is 6.16. The number of carbonyl (C=O) groups excluding carboxylic acids is 1. The Balaban J connectivity index is 1.36. The van der Waals surface area contributed by atoms with E-state index in [1.807, 2.05) is 43.3 Å². The van der Waals surface area contributed by atoms with Gasteiger partial charge in [-0.3, -0.25) is 14.3 Å². The summed E-state index contributed by atoms with van der Waals surface area (Å²) >= 11 is 1.44. The molecule has 4 aromatic rings. The predicted molar refractivity (Wildman–Crippen MR) is 134 cm³/mol. The maximum absolute atomic E-state index is 13.2. The summed E-state index contributed by atoms with van der Waals surface area (Å²) in [6.07, 6.45) is 6.66. The molecule has 2 atom stereocenters. The van der Waals surface area contributed by atoms with E-state index in [4.69, 9.17) is 0 Å². The van der Waals surface area contributed by atoms with Gasteiger partial charge in [0, 0.05) is 18.0 Å². The highest BCUT2D eigenvalue weighted by Crippen LogP contribution is 2.31. The number of carbonyl (C=O) groups is 1. The van der Waals surface area contributed by atoms with Gasteiger partial charge in [-0.25, -0.2) is 0 Å². The van der Waals surface area contributed by atoms with Crippen LogP contribution in [-0.4, -0.2) is 30.9 Å². The predicted octanol–water partition coefficient (Wildman–Crippen LogP) is 5.06. The molecule has 6 nitrogen and oxygen atoms in total. The molecule has 0 radical (unpaired) electrons. The molecule has 1 aliphatic rings. The molecule has 0 bridgehead atoms. The summed E-state index contributed by atoms with van der Waals surface area (Å²) in [5.41, 5.74) is 4.62. The Morgan fingerprint density at radius 2 is 1.91 bits per heavy atom. The van der Waals surface area contributed by atoms with E-state index in [1.54, 1.807) is 12.4 Å². The quantitative estimate of drug-likeness (QED) is 0.383. The van der Waals surface area contributed by atoms with Crippen molar-refractivity contribution in [3.63, 3.8) is 0 Å². The van der Waals surface area contributed by atoms with E-state index in [9.17, 15) is 4.79 Å². The molecule has 1 aliphatic carbocycles. The summed E-state index contributed by atoms with van der Waals surface area (Å²) in [5, 5.41) is 12.6. The Hall–Kier alpha value is -3.45. The maximum atomic E-state index is 13.2. The van der Waals surface area contributed by atoms with E-state index in [0.29, 0.717) is 6.54 Å². The zero-order valence-corrected chi connectivity index (χ0v) is 19.9. The third kappa shape index (κ3) is 4.89. The van der Waals surface area contributed by atoms with Crippen LogP contribution < -0.4 is 5.32 Å². The molecule has 0 saturated heterocycles. The normalized spacial score (nSPS) is 16.0. The van der Waals surface area contributed by atoms with Gasteiger partial charge in [-0.05, 0) is 55.0 Å². The second kappa shape index (κ2) is 10.2. The standard InChI is InChI=1S/C27H27N5OS/c1-19(26(33)29-24-15-7-12-21-11-5-6-14-23(21)24)34-27-31-30-25(22-13-8-16-28-17-22)32(27)18-20-9-3-2-4-10-20/h2-6,8-11,13-14,16-17,19,24H,7,12,15,18H2,1H3,(H,29,33). The molecule has 2 heterocycles. The second-order valence-electron chi connectivity index (χ2n) is 8.53. The molecular weight excluding hydrogens is 442 g/mol. The van der Waals surface area contributed by atoms with Crippen molar-refractivity contribution in [2.45, 2.75) is 49.2 Å². The zero-order valence-electron chi connectivity index (χ0n) is 19.1. The summed E-state index contributed by atoms with van der Waals surface area (Å²) in [6.45, 7) is 2.55. The number of fused-ring (bicyclic) bond motifs is 1. The average molecular weight is 470 g/mol. The van der Waals surface area contributed by atoms with Crippen LogP contribution in [0, 0.1) is 0 Å². The van der Waals surface area contributed by atoms with E-state index in [0.717, 1.165) is 41.4 Å². The van der Waals surface area contributed by atoms with Gasteiger partial charge in [0.15, 0.2) is 11.0 Å². The van der Waals surface area contributed by atoms with E-state index in [1.165, 1.54) is 22.9 Å². The first-order valence-electron chi connectivity index (χ1n) is 11.6. The van der Waals surface area contributed by atoms with Crippen molar-refractivity contribution in [3.05, 3.63) is 95.8 Å². The number of nitrogens with one attached hydrogen (secondary N) is 1. The molecule has 0 fully saturated rings. The van der Waals surface area contributed by atoms with E-state index in [2.05, 4.69) is 55.4 Å². The summed E-state index contributed by atoms with van der Waals surface area (Å²) in [5.74, 6) is 0.761. The first kappa shape index (κ1) is 22.3. The van der Waals surface area contributed by atoms with Crippen molar-refractivity contribution in [2.24, 2.45) is 0 Å². The van der Waals surface area contributed by atoms with E-state index < -0.39 is 0 Å². The average Bonchev–Trinajstić information content (AvgIpc) is 3.27. The molecule has 172 valence electrons. The number of pyridine rings is 1. The van der Waals surface area contributed by atoms with Crippen molar-refractivity contribution < 1.29 is 4.79 Å². The van der Waals surface area contributed by atoms with Gasteiger partial charge in [0.2, 0.25) is 5.91 Å². The Labute approximate surface area is 203 Å². The Morgan fingerprint density at radius 3 is 2.74 bits per heavy atom. The fraction of sp³-hybridized carbons (Fsp3) is 0.259. The molecule has 0 spiro atoms. The van der Waals surface area contributed by atoms with Crippen molar-refractivity contribution in [3.8, 4) is 11.4 Å². The van der Waals surface area contributed by atoms with Gasteiger partial charge in [0.25, 0.3) is 0 Å². The summed E-state index contributed by atoms with van der Waals surface area (Å²) in [4.78, 5) is 17.4. The SMILES string of the molecule is CC(Sc1nnc(-c2cccnc2)n1Cc1ccccc1)C(=O)NC1CCCc2ccccc21. The van der Waals surface area contributed by atoms with Gasteiger partial charge in [0.1, 0.15) is 0 Å². The molecule has 0 saturated carbocycles. The number of amides is 1. The van der Waals surface area contributed by atoms with Crippen LogP contribution in [0.3, 0.4) is 0 Å².